The van der Waals surface area contributed by atoms with Crippen molar-refractivity contribution >= 4 is 11.6 Å². The lowest BCUT2D eigenvalue weighted by molar-refractivity contribution is -0.118. The van der Waals surface area contributed by atoms with Crippen molar-refractivity contribution in [3.8, 4) is 5.88 Å². The second kappa shape index (κ2) is 10.2. The van der Waals surface area contributed by atoms with Gasteiger partial charge in [-0.3, -0.25) is 4.79 Å². The van der Waals surface area contributed by atoms with E-state index in [0.29, 0.717) is 31.4 Å². The lowest BCUT2D eigenvalue weighted by Crippen LogP contribution is -2.38. The molecule has 31 heavy (non-hydrogen) atoms. The molecule has 0 aliphatic carbocycles. The number of fused-ring (bicyclic) bond motifs is 1. The quantitative estimate of drug-likeness (QED) is 0.737. The largest absolute Gasteiger partial charge is 0.477 e. The van der Waals surface area contributed by atoms with Crippen LogP contribution >= 0.6 is 0 Å². The normalized spacial score (nSPS) is 18.5. The standard InChI is InChI=1S/C25H33N3O3/c1-2-25(30)28-13-5-6-20-16-21(8-9-22(20)28)23(29)17-27-14-10-19(11-15-27)18-31-24-7-3-4-12-26-24/h3-4,7-9,12,16,19,23,29H,2,5-6,10-11,13-15,17-18H2,1H3/t23-/m1/s1. The van der Waals surface area contributed by atoms with Gasteiger partial charge >= 0.3 is 0 Å². The summed E-state index contributed by atoms with van der Waals surface area (Å²) in [4.78, 5) is 20.7. The number of rotatable bonds is 7. The summed E-state index contributed by atoms with van der Waals surface area (Å²) in [5.41, 5.74) is 3.14. The van der Waals surface area contributed by atoms with E-state index >= 15 is 0 Å². The summed E-state index contributed by atoms with van der Waals surface area (Å²) >= 11 is 0. The van der Waals surface area contributed by atoms with Crippen LogP contribution in [-0.2, 0) is 11.2 Å². The molecular formula is C25H33N3O3. The van der Waals surface area contributed by atoms with E-state index < -0.39 is 6.10 Å². The van der Waals surface area contributed by atoms with E-state index in [-0.39, 0.29) is 5.91 Å². The Bertz CT molecular complexity index is 866. The summed E-state index contributed by atoms with van der Waals surface area (Å²) in [5.74, 6) is 1.39. The van der Waals surface area contributed by atoms with Gasteiger partial charge in [0.25, 0.3) is 0 Å². The minimum Gasteiger partial charge on any atom is -0.477 e. The number of likely N-dealkylation sites (tertiary alicyclic amines) is 1. The van der Waals surface area contributed by atoms with Crippen LogP contribution in [0.25, 0.3) is 0 Å². The highest BCUT2D eigenvalue weighted by Crippen LogP contribution is 2.31. The molecule has 1 aromatic heterocycles. The fourth-order valence-corrected chi connectivity index (χ4v) is 4.60. The SMILES string of the molecule is CCC(=O)N1CCCc2cc([C@H](O)CN3CCC(COc4ccccn4)CC3)ccc21. The van der Waals surface area contributed by atoms with E-state index in [1.807, 2.05) is 42.2 Å². The van der Waals surface area contributed by atoms with Crippen LogP contribution in [0.15, 0.2) is 42.6 Å². The number of benzene rings is 1. The molecule has 2 aliphatic rings. The minimum absolute atomic E-state index is 0.171. The van der Waals surface area contributed by atoms with E-state index in [2.05, 4.69) is 16.0 Å². The van der Waals surface area contributed by atoms with Gasteiger partial charge in [-0.1, -0.05) is 25.1 Å². The number of carbonyl (C=O) groups excluding carboxylic acids is 1. The molecule has 1 aromatic carbocycles. The number of ether oxygens (including phenoxy) is 1. The number of nitrogens with zero attached hydrogens (tertiary/aromatic N) is 3. The number of piperidine rings is 1. The Kier molecular flexibility index (Phi) is 7.20. The van der Waals surface area contributed by atoms with Crippen molar-refractivity contribution < 1.29 is 14.6 Å². The molecule has 3 heterocycles. The average molecular weight is 424 g/mol. The van der Waals surface area contributed by atoms with Gasteiger partial charge in [-0.25, -0.2) is 4.98 Å². The Balaban J connectivity index is 1.28. The van der Waals surface area contributed by atoms with Gasteiger partial charge in [0, 0.05) is 37.5 Å². The van der Waals surface area contributed by atoms with Crippen molar-refractivity contribution in [2.45, 2.75) is 45.1 Å². The summed E-state index contributed by atoms with van der Waals surface area (Å²) in [6.45, 7) is 5.98. The zero-order chi connectivity index (χ0) is 21.6. The molecule has 1 N–H and O–H groups in total. The number of hydrogen-bond donors (Lipinski definition) is 1. The van der Waals surface area contributed by atoms with Crippen molar-refractivity contribution in [2.24, 2.45) is 5.92 Å². The maximum absolute atomic E-state index is 12.2. The van der Waals surface area contributed by atoms with E-state index in [1.54, 1.807) is 6.20 Å². The first-order valence-corrected chi connectivity index (χ1v) is 11.5. The molecule has 6 nitrogen and oxygen atoms in total. The van der Waals surface area contributed by atoms with E-state index in [9.17, 15) is 9.90 Å². The summed E-state index contributed by atoms with van der Waals surface area (Å²) in [6.07, 6.45) is 5.84. The third-order valence-corrected chi connectivity index (χ3v) is 6.45. The summed E-state index contributed by atoms with van der Waals surface area (Å²) in [7, 11) is 0. The van der Waals surface area contributed by atoms with E-state index in [4.69, 9.17) is 4.74 Å². The van der Waals surface area contributed by atoms with E-state index in [1.165, 1.54) is 5.56 Å². The molecule has 0 bridgehead atoms. The number of β-amino-alcohol motifs (C(OH)–C–C–N with tert-alkyl or cyclic N) is 1. The number of pyridine rings is 1. The number of aliphatic hydroxyl groups is 1. The van der Waals surface area contributed by atoms with Gasteiger partial charge in [0.15, 0.2) is 0 Å². The third-order valence-electron chi connectivity index (χ3n) is 6.45. The first-order valence-electron chi connectivity index (χ1n) is 11.5. The molecule has 166 valence electrons. The minimum atomic E-state index is -0.510. The highest BCUT2D eigenvalue weighted by Gasteiger charge is 2.25. The van der Waals surface area contributed by atoms with Gasteiger partial charge in [-0.15, -0.1) is 0 Å². The second-order valence-corrected chi connectivity index (χ2v) is 8.63. The van der Waals surface area contributed by atoms with Gasteiger partial charge in [0.05, 0.1) is 12.7 Å². The predicted octanol–water partition coefficient (Wildman–Crippen LogP) is 3.60. The monoisotopic (exact) mass is 423 g/mol. The van der Waals surface area contributed by atoms with Crippen LogP contribution in [-0.4, -0.2) is 53.7 Å². The summed E-state index contributed by atoms with van der Waals surface area (Å²) in [6, 6.07) is 11.8. The molecule has 1 fully saturated rings. The second-order valence-electron chi connectivity index (χ2n) is 8.63. The number of amides is 1. The Hall–Kier alpha value is -2.44. The Morgan fingerprint density at radius 3 is 2.81 bits per heavy atom. The number of hydrogen-bond acceptors (Lipinski definition) is 5. The topological polar surface area (TPSA) is 65.9 Å². The summed E-state index contributed by atoms with van der Waals surface area (Å²) < 4.78 is 5.81. The molecule has 0 unspecified atom stereocenters. The first kappa shape index (κ1) is 21.8. The van der Waals surface area contributed by atoms with Gasteiger partial charge in [0.1, 0.15) is 0 Å². The van der Waals surface area contributed by atoms with Gasteiger partial charge in [0.2, 0.25) is 11.8 Å². The number of anilines is 1. The predicted molar refractivity (Wildman–Crippen MR) is 121 cm³/mol. The van der Waals surface area contributed by atoms with Crippen LogP contribution < -0.4 is 9.64 Å². The molecule has 0 spiro atoms. The first-order chi connectivity index (χ1) is 15.1. The molecule has 1 saturated heterocycles. The number of aromatic nitrogens is 1. The van der Waals surface area contributed by atoms with Crippen molar-refractivity contribution in [2.75, 3.05) is 37.7 Å². The van der Waals surface area contributed by atoms with Crippen LogP contribution in [0.3, 0.4) is 0 Å². The highest BCUT2D eigenvalue weighted by molar-refractivity contribution is 5.94. The zero-order valence-electron chi connectivity index (χ0n) is 18.4. The highest BCUT2D eigenvalue weighted by atomic mass is 16.5. The van der Waals surface area contributed by atoms with Crippen molar-refractivity contribution in [3.05, 3.63) is 53.7 Å². The molecule has 2 aliphatic heterocycles. The van der Waals surface area contributed by atoms with Crippen LogP contribution in [0, 0.1) is 5.92 Å². The molecule has 0 saturated carbocycles. The van der Waals surface area contributed by atoms with Crippen molar-refractivity contribution in [3.63, 3.8) is 0 Å². The lowest BCUT2D eigenvalue weighted by Gasteiger charge is -2.33. The van der Waals surface area contributed by atoms with Gasteiger partial charge in [-0.2, -0.15) is 0 Å². The van der Waals surface area contributed by atoms with Crippen molar-refractivity contribution in [1.82, 2.24) is 9.88 Å². The number of carbonyl (C=O) groups is 1. The summed E-state index contributed by atoms with van der Waals surface area (Å²) in [5, 5.41) is 10.9. The number of aryl methyl sites for hydroxylation is 1. The maximum atomic E-state index is 12.2. The van der Waals surface area contributed by atoms with Gasteiger partial charge < -0.3 is 19.6 Å². The van der Waals surface area contributed by atoms with Crippen LogP contribution in [0.5, 0.6) is 5.88 Å². The maximum Gasteiger partial charge on any atom is 0.226 e. The van der Waals surface area contributed by atoms with Crippen LogP contribution in [0.2, 0.25) is 0 Å². The molecule has 0 radical (unpaired) electrons. The van der Waals surface area contributed by atoms with Crippen LogP contribution in [0.4, 0.5) is 5.69 Å². The molecule has 2 aromatic rings. The average Bonchev–Trinajstić information content (AvgIpc) is 2.83. The molecule has 1 amide bonds. The third kappa shape index (κ3) is 5.43. The Morgan fingerprint density at radius 2 is 2.06 bits per heavy atom. The lowest BCUT2D eigenvalue weighted by atomic mass is 9.95. The fraction of sp³-hybridized carbons (Fsp3) is 0.520. The Labute approximate surface area is 184 Å². The van der Waals surface area contributed by atoms with Crippen molar-refractivity contribution in [1.29, 1.82) is 0 Å². The van der Waals surface area contributed by atoms with Gasteiger partial charge in [-0.05, 0) is 68.0 Å². The molecular weight excluding hydrogens is 390 g/mol. The smallest absolute Gasteiger partial charge is 0.226 e. The molecule has 4 rings (SSSR count). The Morgan fingerprint density at radius 1 is 1.23 bits per heavy atom. The molecule has 6 heteroatoms. The van der Waals surface area contributed by atoms with Crippen LogP contribution in [0.1, 0.15) is 49.8 Å². The van der Waals surface area contributed by atoms with E-state index in [0.717, 1.165) is 56.6 Å². The fourth-order valence-electron chi connectivity index (χ4n) is 4.60. The zero-order valence-corrected chi connectivity index (χ0v) is 18.4. The molecule has 1 atom stereocenters. The number of aliphatic hydroxyl groups excluding tert-OH is 1.